The molecule has 7 heteroatoms. The lowest BCUT2D eigenvalue weighted by atomic mass is 10.1. The molecule has 1 N–H and O–H groups in total. The van der Waals surface area contributed by atoms with E-state index >= 15 is 0 Å². The third kappa shape index (κ3) is 4.65. The first-order valence-electron chi connectivity index (χ1n) is 9.53. The lowest BCUT2D eigenvalue weighted by molar-refractivity contribution is -0.115. The van der Waals surface area contributed by atoms with E-state index in [-0.39, 0.29) is 18.0 Å². The molecule has 0 unspecified atom stereocenters. The maximum absolute atomic E-state index is 13.7. The van der Waals surface area contributed by atoms with Gasteiger partial charge >= 0.3 is 0 Å². The fraction of sp³-hybridized carbons (Fsp3) is 0.381. The average molecular weight is 401 g/mol. The van der Waals surface area contributed by atoms with Crippen LogP contribution in [0.5, 0.6) is 0 Å². The molecule has 3 rings (SSSR count). The van der Waals surface area contributed by atoms with Gasteiger partial charge in [0.05, 0.1) is 23.5 Å². The van der Waals surface area contributed by atoms with Gasteiger partial charge in [0.1, 0.15) is 5.82 Å². The lowest BCUT2D eigenvalue weighted by Gasteiger charge is -2.05. The van der Waals surface area contributed by atoms with Gasteiger partial charge in [0.25, 0.3) is 0 Å². The van der Waals surface area contributed by atoms with Crippen LogP contribution in [0.4, 0.5) is 10.1 Å². The minimum absolute atomic E-state index is 0.0908. The average Bonchev–Trinajstić information content (AvgIpc) is 3.23. The highest BCUT2D eigenvalue weighted by atomic mass is 32.1. The van der Waals surface area contributed by atoms with E-state index in [9.17, 15) is 9.18 Å². The van der Waals surface area contributed by atoms with Crippen molar-refractivity contribution >= 4 is 22.9 Å². The van der Waals surface area contributed by atoms with Crippen molar-refractivity contribution < 1.29 is 9.18 Å². The van der Waals surface area contributed by atoms with Gasteiger partial charge in [-0.2, -0.15) is 5.10 Å². The van der Waals surface area contributed by atoms with Crippen LogP contribution in [0.2, 0.25) is 0 Å². The van der Waals surface area contributed by atoms with Gasteiger partial charge in [0, 0.05) is 11.1 Å². The number of benzene rings is 1. The molecule has 0 aliphatic carbocycles. The molecule has 3 aromatic rings. The number of amides is 1. The van der Waals surface area contributed by atoms with Crippen molar-refractivity contribution in [2.75, 3.05) is 5.32 Å². The van der Waals surface area contributed by atoms with Crippen LogP contribution in [0.3, 0.4) is 0 Å². The van der Waals surface area contributed by atoms with Crippen LogP contribution in [0.15, 0.2) is 29.6 Å². The third-order valence-corrected chi connectivity index (χ3v) is 5.55. The highest BCUT2D eigenvalue weighted by Gasteiger charge is 2.16. The van der Waals surface area contributed by atoms with Gasteiger partial charge < -0.3 is 5.32 Å². The number of aryl methyl sites for hydroxylation is 1. The van der Waals surface area contributed by atoms with Crippen molar-refractivity contribution in [1.82, 2.24) is 14.8 Å². The van der Waals surface area contributed by atoms with Crippen LogP contribution < -0.4 is 5.32 Å². The Hall–Kier alpha value is -2.54. The number of hydrogen-bond donors (Lipinski definition) is 1. The zero-order chi connectivity index (χ0) is 20.1. The van der Waals surface area contributed by atoms with E-state index in [2.05, 4.69) is 29.2 Å². The summed E-state index contributed by atoms with van der Waals surface area (Å²) in [5.41, 5.74) is 4.24. The molecule has 148 valence electrons. The second-order valence-corrected chi connectivity index (χ2v) is 7.68. The van der Waals surface area contributed by atoms with Crippen molar-refractivity contribution in [3.8, 4) is 5.13 Å². The number of halogens is 1. The molecule has 0 fully saturated rings. The number of unbranched alkanes of at least 4 members (excludes halogenated alkanes) is 2. The van der Waals surface area contributed by atoms with Crippen LogP contribution in [0, 0.1) is 19.7 Å². The first kappa shape index (κ1) is 20.2. The van der Waals surface area contributed by atoms with Crippen LogP contribution >= 0.6 is 11.3 Å². The molecule has 1 amide bonds. The number of carbonyl (C=O) groups is 1. The highest BCUT2D eigenvalue weighted by Crippen LogP contribution is 2.23. The Kier molecular flexibility index (Phi) is 6.57. The molecule has 28 heavy (non-hydrogen) atoms. The second-order valence-electron chi connectivity index (χ2n) is 6.84. The first-order chi connectivity index (χ1) is 13.5. The van der Waals surface area contributed by atoms with Crippen LogP contribution in [0.25, 0.3) is 5.13 Å². The molecule has 0 saturated heterocycles. The van der Waals surface area contributed by atoms with Gasteiger partial charge in [-0.3, -0.25) is 4.79 Å². The highest BCUT2D eigenvalue weighted by molar-refractivity contribution is 7.12. The van der Waals surface area contributed by atoms with Crippen molar-refractivity contribution in [3.63, 3.8) is 0 Å². The Balaban J connectivity index is 1.69. The summed E-state index contributed by atoms with van der Waals surface area (Å²) >= 11 is 1.45. The molecule has 2 heterocycles. The summed E-state index contributed by atoms with van der Waals surface area (Å²) in [6.45, 7) is 6.29. The first-order valence-corrected chi connectivity index (χ1v) is 10.4. The van der Waals surface area contributed by atoms with E-state index in [4.69, 9.17) is 0 Å². The molecule has 5 nitrogen and oxygen atoms in total. The molecule has 1 aromatic carbocycles. The Morgan fingerprint density at radius 1 is 1.25 bits per heavy atom. The fourth-order valence-electron chi connectivity index (χ4n) is 3.17. The van der Waals surface area contributed by atoms with E-state index in [0.29, 0.717) is 5.69 Å². The molecule has 0 spiro atoms. The van der Waals surface area contributed by atoms with E-state index in [1.807, 2.05) is 17.0 Å². The smallest absolute Gasteiger partial charge is 0.230 e. The molecule has 0 bridgehead atoms. The Labute approximate surface area is 168 Å². The summed E-state index contributed by atoms with van der Waals surface area (Å²) in [6, 6.07) is 6.12. The summed E-state index contributed by atoms with van der Waals surface area (Å²) in [7, 11) is 0. The number of para-hydroxylation sites is 1. The minimum Gasteiger partial charge on any atom is -0.323 e. The zero-order valence-electron chi connectivity index (χ0n) is 16.5. The largest absolute Gasteiger partial charge is 0.323 e. The van der Waals surface area contributed by atoms with Crippen LogP contribution in [-0.4, -0.2) is 20.7 Å². The van der Waals surface area contributed by atoms with E-state index < -0.39 is 5.82 Å². The van der Waals surface area contributed by atoms with Gasteiger partial charge in [-0.15, -0.1) is 11.3 Å². The number of nitrogens with zero attached hydrogens (tertiary/aromatic N) is 3. The summed E-state index contributed by atoms with van der Waals surface area (Å²) in [4.78, 5) is 16.8. The number of hydrogen-bond acceptors (Lipinski definition) is 4. The quantitative estimate of drug-likeness (QED) is 0.542. The normalized spacial score (nSPS) is 11.0. The topological polar surface area (TPSA) is 59.8 Å². The molecule has 0 aliphatic rings. The van der Waals surface area contributed by atoms with Gasteiger partial charge in [-0.25, -0.2) is 14.1 Å². The second kappa shape index (κ2) is 9.10. The van der Waals surface area contributed by atoms with E-state index in [0.717, 1.165) is 29.4 Å². The molecule has 0 radical (unpaired) electrons. The number of anilines is 1. The van der Waals surface area contributed by atoms with Crippen LogP contribution in [-0.2, 0) is 17.6 Å². The summed E-state index contributed by atoms with van der Waals surface area (Å²) in [6.07, 6.45) is 4.67. The van der Waals surface area contributed by atoms with Crippen molar-refractivity contribution in [1.29, 1.82) is 0 Å². The Morgan fingerprint density at radius 2 is 2.04 bits per heavy atom. The van der Waals surface area contributed by atoms with Crippen molar-refractivity contribution in [2.45, 2.75) is 52.9 Å². The van der Waals surface area contributed by atoms with Gasteiger partial charge in [-0.1, -0.05) is 31.9 Å². The van der Waals surface area contributed by atoms with Crippen molar-refractivity contribution in [2.24, 2.45) is 0 Å². The number of aromatic nitrogens is 3. The van der Waals surface area contributed by atoms with E-state index in [1.165, 1.54) is 41.9 Å². The standard InChI is InChI=1S/C21H25FN4OS/c1-4-5-6-9-17-14(2)25-26(15(17)3)21-23-16(13-28-21)12-20(27)24-19-11-8-7-10-18(19)22/h7-8,10-11,13H,4-6,9,12H2,1-3H3,(H,24,27). The molecule has 0 aliphatic heterocycles. The predicted molar refractivity (Wildman–Crippen MR) is 111 cm³/mol. The predicted octanol–water partition coefficient (Wildman–Crippen LogP) is 5.00. The van der Waals surface area contributed by atoms with Gasteiger partial charge in [0.2, 0.25) is 11.0 Å². The Morgan fingerprint density at radius 3 is 2.79 bits per heavy atom. The molecule has 2 aromatic heterocycles. The van der Waals surface area contributed by atoms with Gasteiger partial charge in [0.15, 0.2) is 0 Å². The monoisotopic (exact) mass is 400 g/mol. The third-order valence-electron chi connectivity index (χ3n) is 4.68. The maximum Gasteiger partial charge on any atom is 0.230 e. The molecular formula is C21H25FN4OS. The molecule has 0 saturated carbocycles. The summed E-state index contributed by atoms with van der Waals surface area (Å²) in [5, 5.41) is 9.83. The van der Waals surface area contributed by atoms with E-state index in [1.54, 1.807) is 12.1 Å². The zero-order valence-corrected chi connectivity index (χ0v) is 17.3. The SMILES string of the molecule is CCCCCc1c(C)nn(-c2nc(CC(=O)Nc3ccccc3F)cs2)c1C. The van der Waals surface area contributed by atoms with Crippen LogP contribution in [0.1, 0.15) is 48.8 Å². The molecule has 0 atom stereocenters. The van der Waals surface area contributed by atoms with Crippen molar-refractivity contribution in [3.05, 3.63) is 58.1 Å². The maximum atomic E-state index is 13.7. The summed E-state index contributed by atoms with van der Waals surface area (Å²) in [5.74, 6) is -0.747. The Bertz CT molecular complexity index is 963. The summed E-state index contributed by atoms with van der Waals surface area (Å²) < 4.78 is 15.5. The number of thiazole rings is 1. The lowest BCUT2D eigenvalue weighted by Crippen LogP contribution is -2.15. The van der Waals surface area contributed by atoms with Gasteiger partial charge in [-0.05, 0) is 44.4 Å². The number of rotatable bonds is 8. The fourth-order valence-corrected chi connectivity index (χ4v) is 4.00. The minimum atomic E-state index is -0.451. The number of carbonyl (C=O) groups excluding carboxylic acids is 1. The number of nitrogens with one attached hydrogen (secondary N) is 1. The molecular weight excluding hydrogens is 375 g/mol.